The minimum atomic E-state index is -0.450. The number of hydrogen-bond acceptors (Lipinski definition) is 12. The number of benzene rings is 2. The van der Waals surface area contributed by atoms with Crippen LogP contribution in [0, 0.1) is 5.92 Å². The number of hydrogen-bond donors (Lipinski definition) is 1. The Bertz CT molecular complexity index is 1140. The Morgan fingerprint density at radius 3 is 1.25 bits per heavy atom. The predicted molar refractivity (Wildman–Crippen MR) is 201 cm³/mol. The summed E-state index contributed by atoms with van der Waals surface area (Å²) in [6.07, 6.45) is 0.678. The first-order chi connectivity index (χ1) is 26.2. The summed E-state index contributed by atoms with van der Waals surface area (Å²) in [7, 11) is 0. The molecule has 0 heterocycles. The highest BCUT2D eigenvalue weighted by molar-refractivity contribution is 5.79. The van der Waals surface area contributed by atoms with Gasteiger partial charge in [-0.15, -0.1) is 0 Å². The quantitative estimate of drug-likeness (QED) is 0.0978. The number of rotatable bonds is 35. The fourth-order valence-corrected chi connectivity index (χ4v) is 5.26. The summed E-state index contributed by atoms with van der Waals surface area (Å²) in [4.78, 5) is 12.2. The molecule has 1 atom stereocenters. The van der Waals surface area contributed by atoms with E-state index in [1.165, 1.54) is 22.3 Å². The molecular formula is C40H63NO12. The molecule has 2 aromatic rings. The minimum absolute atomic E-state index is 0.0386. The molecule has 1 N–H and O–H groups in total. The third kappa shape index (κ3) is 20.5. The van der Waals surface area contributed by atoms with Gasteiger partial charge < -0.3 is 57.4 Å². The molecule has 1 amide bonds. The van der Waals surface area contributed by atoms with Crippen LogP contribution in [0.2, 0.25) is 0 Å². The summed E-state index contributed by atoms with van der Waals surface area (Å²) in [5.74, 6) is 0.631. The van der Waals surface area contributed by atoms with Crippen LogP contribution in [0.15, 0.2) is 48.5 Å². The Morgan fingerprint density at radius 2 is 0.868 bits per heavy atom. The number of carbonyl (C=O) groups excluding carboxylic acids is 1. The molecule has 0 fully saturated rings. The van der Waals surface area contributed by atoms with Gasteiger partial charge in [-0.1, -0.05) is 68.8 Å². The van der Waals surface area contributed by atoms with Gasteiger partial charge in [-0.3, -0.25) is 0 Å². The zero-order chi connectivity index (χ0) is 37.4. The third-order valence-electron chi connectivity index (χ3n) is 8.31. The van der Waals surface area contributed by atoms with Gasteiger partial charge in [0.25, 0.3) is 0 Å². The van der Waals surface area contributed by atoms with E-state index in [1.54, 1.807) is 0 Å². The first kappa shape index (κ1) is 44.7. The topological polar surface area (TPSA) is 131 Å². The largest absolute Gasteiger partial charge is 0.449 e. The molecule has 2 aromatic carbocycles. The van der Waals surface area contributed by atoms with E-state index in [0.717, 1.165) is 13.0 Å². The summed E-state index contributed by atoms with van der Waals surface area (Å²) in [5.41, 5.74) is 4.78. The molecule has 0 aromatic heterocycles. The van der Waals surface area contributed by atoms with E-state index < -0.39 is 6.09 Å². The fraction of sp³-hybridized carbons (Fsp3) is 0.675. The van der Waals surface area contributed by atoms with Crippen LogP contribution in [0.25, 0.3) is 11.1 Å². The highest BCUT2D eigenvalue weighted by Gasteiger charge is 2.28. The first-order valence-electron chi connectivity index (χ1n) is 19.1. The van der Waals surface area contributed by atoms with Gasteiger partial charge in [0.1, 0.15) is 6.61 Å². The number of ether oxygens (including phenoxy) is 11. The van der Waals surface area contributed by atoms with Crippen molar-refractivity contribution in [3.63, 3.8) is 0 Å². The lowest BCUT2D eigenvalue weighted by Gasteiger charge is -2.14. The van der Waals surface area contributed by atoms with Crippen molar-refractivity contribution >= 4 is 6.09 Å². The third-order valence-corrected chi connectivity index (χ3v) is 8.31. The van der Waals surface area contributed by atoms with Crippen molar-refractivity contribution < 1.29 is 56.9 Å². The summed E-state index contributed by atoms with van der Waals surface area (Å²) in [6, 6.07) is 16.5. The SMILES string of the molecule is CCC(C)COCCOCCOCCOCCOCCOCCOCCOCCOCCOCCNC(=O)OCC1c2ccccc2-c2ccccc21. The van der Waals surface area contributed by atoms with E-state index in [4.69, 9.17) is 52.1 Å². The highest BCUT2D eigenvalue weighted by atomic mass is 16.6. The van der Waals surface area contributed by atoms with Gasteiger partial charge in [-0.25, -0.2) is 4.79 Å². The number of fused-ring (bicyclic) bond motifs is 3. The van der Waals surface area contributed by atoms with Crippen LogP contribution in [-0.4, -0.2) is 151 Å². The van der Waals surface area contributed by atoms with E-state index in [2.05, 4.69) is 43.4 Å². The number of carbonyl (C=O) groups is 1. The molecule has 300 valence electrons. The molecule has 53 heavy (non-hydrogen) atoms. The van der Waals surface area contributed by atoms with E-state index in [9.17, 15) is 4.79 Å². The Kier molecular flexibility index (Phi) is 25.8. The molecule has 0 saturated heterocycles. The summed E-state index contributed by atoms with van der Waals surface area (Å²) in [6.45, 7) is 15.3. The van der Waals surface area contributed by atoms with Crippen molar-refractivity contribution in [2.45, 2.75) is 26.2 Å². The Labute approximate surface area is 316 Å². The monoisotopic (exact) mass is 749 g/mol. The minimum Gasteiger partial charge on any atom is -0.449 e. The van der Waals surface area contributed by atoms with Gasteiger partial charge in [-0.2, -0.15) is 0 Å². The van der Waals surface area contributed by atoms with E-state index in [1.807, 2.05) is 24.3 Å². The molecular weight excluding hydrogens is 686 g/mol. The van der Waals surface area contributed by atoms with Crippen LogP contribution in [0.3, 0.4) is 0 Å². The summed E-state index contributed by atoms with van der Waals surface area (Å²) in [5, 5.41) is 2.74. The van der Waals surface area contributed by atoms with E-state index in [-0.39, 0.29) is 12.5 Å². The van der Waals surface area contributed by atoms with Crippen LogP contribution < -0.4 is 5.32 Å². The van der Waals surface area contributed by atoms with Gasteiger partial charge in [0, 0.05) is 19.1 Å². The van der Waals surface area contributed by atoms with Crippen molar-refractivity contribution in [3.8, 4) is 11.1 Å². The van der Waals surface area contributed by atoms with Gasteiger partial charge >= 0.3 is 6.09 Å². The van der Waals surface area contributed by atoms with Crippen LogP contribution in [-0.2, 0) is 52.1 Å². The van der Waals surface area contributed by atoms with Crippen molar-refractivity contribution in [1.82, 2.24) is 5.32 Å². The second-order valence-electron chi connectivity index (χ2n) is 12.4. The van der Waals surface area contributed by atoms with Crippen LogP contribution in [0.5, 0.6) is 0 Å². The second-order valence-corrected chi connectivity index (χ2v) is 12.4. The molecule has 0 saturated carbocycles. The first-order valence-corrected chi connectivity index (χ1v) is 19.1. The highest BCUT2D eigenvalue weighted by Crippen LogP contribution is 2.44. The van der Waals surface area contributed by atoms with E-state index >= 15 is 0 Å². The van der Waals surface area contributed by atoms with Crippen molar-refractivity contribution in [3.05, 3.63) is 59.7 Å². The lowest BCUT2D eigenvalue weighted by molar-refractivity contribution is -0.0267. The maximum absolute atomic E-state index is 12.2. The normalized spacial score (nSPS) is 12.9. The summed E-state index contributed by atoms with van der Waals surface area (Å²) < 4.78 is 60.6. The average molecular weight is 750 g/mol. The van der Waals surface area contributed by atoms with Crippen molar-refractivity contribution in [2.24, 2.45) is 5.92 Å². The van der Waals surface area contributed by atoms with E-state index in [0.29, 0.717) is 138 Å². The van der Waals surface area contributed by atoms with Gasteiger partial charge in [-0.05, 0) is 28.2 Å². The molecule has 13 heteroatoms. The number of alkyl carbamates (subject to hydrolysis) is 1. The number of amides is 1. The zero-order valence-electron chi connectivity index (χ0n) is 31.9. The van der Waals surface area contributed by atoms with Gasteiger partial charge in [0.05, 0.1) is 126 Å². The Morgan fingerprint density at radius 1 is 0.528 bits per heavy atom. The standard InChI is InChI=1S/C40H63NO12/c1-3-34(2)32-52-31-30-51-29-28-50-27-26-49-25-24-48-23-22-47-21-20-46-19-18-45-17-16-44-15-14-43-13-12-41-40(42)53-33-39-37-10-6-4-8-35(37)36-9-5-7-11-38(36)39/h4-11,34,39H,3,12-33H2,1-2H3,(H,41,42). The lowest BCUT2D eigenvalue weighted by atomic mass is 9.98. The Hall–Kier alpha value is -2.69. The Balaban J connectivity index is 0.956. The maximum Gasteiger partial charge on any atom is 0.407 e. The predicted octanol–water partition coefficient (Wildman–Crippen LogP) is 4.74. The second kappa shape index (κ2) is 30.6. The zero-order valence-corrected chi connectivity index (χ0v) is 31.9. The molecule has 1 aliphatic carbocycles. The smallest absolute Gasteiger partial charge is 0.407 e. The summed E-state index contributed by atoms with van der Waals surface area (Å²) >= 11 is 0. The maximum atomic E-state index is 12.2. The van der Waals surface area contributed by atoms with Crippen LogP contribution in [0.4, 0.5) is 4.79 Å². The molecule has 0 radical (unpaired) electrons. The number of nitrogens with one attached hydrogen (secondary N) is 1. The molecule has 0 bridgehead atoms. The fourth-order valence-electron chi connectivity index (χ4n) is 5.26. The molecule has 0 aliphatic heterocycles. The molecule has 13 nitrogen and oxygen atoms in total. The lowest BCUT2D eigenvalue weighted by Crippen LogP contribution is -2.29. The van der Waals surface area contributed by atoms with Gasteiger partial charge in [0.2, 0.25) is 0 Å². The van der Waals surface area contributed by atoms with Crippen molar-refractivity contribution in [2.75, 3.05) is 145 Å². The van der Waals surface area contributed by atoms with Gasteiger partial charge in [0.15, 0.2) is 0 Å². The molecule has 0 spiro atoms. The van der Waals surface area contributed by atoms with Crippen LogP contribution >= 0.6 is 0 Å². The molecule has 1 aliphatic rings. The van der Waals surface area contributed by atoms with Crippen molar-refractivity contribution in [1.29, 1.82) is 0 Å². The van der Waals surface area contributed by atoms with Crippen LogP contribution in [0.1, 0.15) is 37.3 Å². The molecule has 1 unspecified atom stereocenters. The molecule has 3 rings (SSSR count). The average Bonchev–Trinajstić information content (AvgIpc) is 3.50.